The Bertz CT molecular complexity index is 787. The fraction of sp³-hybridized carbons (Fsp3) is 0.211. The lowest BCUT2D eigenvalue weighted by Gasteiger charge is -2.14. The number of hydrogen-bond acceptors (Lipinski definition) is 4. The van der Waals surface area contributed by atoms with Crippen molar-refractivity contribution in [2.75, 3.05) is 5.32 Å². The number of hydrogen-bond donors (Lipinski definition) is 2. The third-order valence-electron chi connectivity index (χ3n) is 3.97. The van der Waals surface area contributed by atoms with Crippen molar-refractivity contribution in [2.24, 2.45) is 5.92 Å². The molecular formula is C19H20N2O4. The van der Waals surface area contributed by atoms with Crippen molar-refractivity contribution >= 4 is 22.9 Å². The number of nitrogens with one attached hydrogen (secondary N) is 1. The van der Waals surface area contributed by atoms with Crippen LogP contribution < -0.4 is 5.32 Å². The maximum atomic E-state index is 11.4. The minimum Gasteiger partial charge on any atom is -0.481 e. The first-order valence-electron chi connectivity index (χ1n) is 7.85. The van der Waals surface area contributed by atoms with E-state index in [-0.39, 0.29) is 18.0 Å². The second kappa shape index (κ2) is 8.10. The predicted molar refractivity (Wildman–Crippen MR) is 97.3 cm³/mol. The third-order valence-corrected chi connectivity index (χ3v) is 3.97. The van der Waals surface area contributed by atoms with Gasteiger partial charge in [0.05, 0.1) is 11.3 Å². The molecule has 0 saturated heterocycles. The molecule has 2 rings (SSSR count). The highest BCUT2D eigenvalue weighted by Crippen LogP contribution is 2.32. The number of carboxylic acids is 1. The fourth-order valence-corrected chi connectivity index (χ4v) is 2.49. The fourth-order valence-electron chi connectivity index (χ4n) is 2.49. The molecule has 0 amide bonds. The van der Waals surface area contributed by atoms with Crippen LogP contribution in [0.1, 0.15) is 24.5 Å². The minimum absolute atomic E-state index is 0.0582. The number of rotatable bonds is 8. The molecule has 0 radical (unpaired) electrons. The second-order valence-corrected chi connectivity index (χ2v) is 5.85. The summed E-state index contributed by atoms with van der Waals surface area (Å²) >= 11 is 0. The van der Waals surface area contributed by atoms with Crippen LogP contribution in [0.2, 0.25) is 0 Å². The molecular weight excluding hydrogens is 320 g/mol. The molecule has 0 aliphatic rings. The van der Waals surface area contributed by atoms with Crippen LogP contribution in [0.15, 0.2) is 55.1 Å². The molecule has 0 aromatic heterocycles. The zero-order valence-electron chi connectivity index (χ0n) is 13.9. The highest BCUT2D eigenvalue weighted by atomic mass is 16.6. The Morgan fingerprint density at radius 1 is 1.28 bits per heavy atom. The largest absolute Gasteiger partial charge is 0.481 e. The van der Waals surface area contributed by atoms with E-state index in [1.165, 1.54) is 6.07 Å². The van der Waals surface area contributed by atoms with Crippen LogP contribution in [0, 0.1) is 16.0 Å². The number of nitro benzene ring substituents is 1. The summed E-state index contributed by atoms with van der Waals surface area (Å²) in [7, 11) is 0. The van der Waals surface area contributed by atoms with E-state index in [9.17, 15) is 14.9 Å². The van der Waals surface area contributed by atoms with Gasteiger partial charge in [0.25, 0.3) is 5.69 Å². The molecule has 2 N–H and O–H groups in total. The molecule has 6 nitrogen and oxygen atoms in total. The molecule has 0 fully saturated rings. The van der Waals surface area contributed by atoms with Crippen molar-refractivity contribution in [3.05, 3.63) is 76.4 Å². The van der Waals surface area contributed by atoms with Crippen molar-refractivity contribution in [1.29, 1.82) is 0 Å². The molecule has 1 unspecified atom stereocenters. The summed E-state index contributed by atoms with van der Waals surface area (Å²) in [6.45, 7) is 6.10. The summed E-state index contributed by atoms with van der Waals surface area (Å²) in [5, 5.41) is 23.4. The van der Waals surface area contributed by atoms with E-state index in [0.29, 0.717) is 23.4 Å². The van der Waals surface area contributed by atoms with Crippen molar-refractivity contribution < 1.29 is 14.8 Å². The van der Waals surface area contributed by atoms with Crippen LogP contribution in [-0.2, 0) is 11.3 Å². The number of anilines is 1. The van der Waals surface area contributed by atoms with Crippen LogP contribution in [0.25, 0.3) is 5.57 Å². The van der Waals surface area contributed by atoms with Crippen LogP contribution in [0.3, 0.4) is 0 Å². The molecule has 2 aromatic carbocycles. The lowest BCUT2D eigenvalue weighted by Crippen LogP contribution is -2.07. The molecule has 130 valence electrons. The molecule has 0 aliphatic carbocycles. The van der Waals surface area contributed by atoms with E-state index >= 15 is 0 Å². The van der Waals surface area contributed by atoms with Crippen LogP contribution in [0.4, 0.5) is 11.4 Å². The zero-order valence-corrected chi connectivity index (χ0v) is 13.9. The highest BCUT2D eigenvalue weighted by molar-refractivity contribution is 5.76. The Morgan fingerprint density at radius 3 is 2.56 bits per heavy atom. The van der Waals surface area contributed by atoms with Crippen LogP contribution in [0.5, 0.6) is 0 Å². The molecule has 0 bridgehead atoms. The smallest absolute Gasteiger partial charge is 0.303 e. The van der Waals surface area contributed by atoms with Crippen molar-refractivity contribution in [3.63, 3.8) is 0 Å². The molecule has 0 spiro atoms. The van der Waals surface area contributed by atoms with Gasteiger partial charge in [-0.1, -0.05) is 49.9 Å². The zero-order chi connectivity index (χ0) is 18.4. The molecule has 0 heterocycles. The number of carbonyl (C=O) groups is 1. The Kier molecular flexibility index (Phi) is 5.89. The lowest BCUT2D eigenvalue weighted by atomic mass is 9.92. The van der Waals surface area contributed by atoms with E-state index in [1.807, 2.05) is 30.3 Å². The summed E-state index contributed by atoms with van der Waals surface area (Å²) in [4.78, 5) is 21.8. The van der Waals surface area contributed by atoms with Gasteiger partial charge in [-0.05, 0) is 28.7 Å². The molecule has 6 heteroatoms. The van der Waals surface area contributed by atoms with Gasteiger partial charge in [0, 0.05) is 12.6 Å². The standard InChI is InChI=1S/C19H20N2O4/c1-13(10-19(22)23)14(2)16-8-9-17(18(11-16)21(24)25)20-12-15-6-4-3-5-7-15/h3-9,11,13,20H,2,10,12H2,1H3,(H,22,23). The maximum Gasteiger partial charge on any atom is 0.303 e. The lowest BCUT2D eigenvalue weighted by molar-refractivity contribution is -0.384. The monoisotopic (exact) mass is 340 g/mol. The van der Waals surface area contributed by atoms with Gasteiger partial charge in [-0.15, -0.1) is 0 Å². The van der Waals surface area contributed by atoms with Crippen LogP contribution in [-0.4, -0.2) is 16.0 Å². The first-order chi connectivity index (χ1) is 11.9. The summed E-state index contributed by atoms with van der Waals surface area (Å²) in [6, 6.07) is 14.4. The van der Waals surface area contributed by atoms with E-state index in [2.05, 4.69) is 11.9 Å². The number of nitro groups is 1. The normalized spacial score (nSPS) is 11.6. The predicted octanol–water partition coefficient (Wildman–Crippen LogP) is 4.33. The Labute approximate surface area is 146 Å². The van der Waals surface area contributed by atoms with Gasteiger partial charge in [-0.2, -0.15) is 0 Å². The van der Waals surface area contributed by atoms with Gasteiger partial charge < -0.3 is 10.4 Å². The molecule has 25 heavy (non-hydrogen) atoms. The molecule has 2 aromatic rings. The number of nitrogens with zero attached hydrogens (tertiary/aromatic N) is 1. The van der Waals surface area contributed by atoms with E-state index < -0.39 is 10.9 Å². The Hall–Kier alpha value is -3.15. The minimum atomic E-state index is -0.927. The first kappa shape index (κ1) is 18.2. The number of carboxylic acid groups (broad SMARTS) is 1. The van der Waals surface area contributed by atoms with E-state index in [4.69, 9.17) is 5.11 Å². The maximum absolute atomic E-state index is 11.4. The van der Waals surface area contributed by atoms with E-state index in [1.54, 1.807) is 19.1 Å². The third kappa shape index (κ3) is 4.91. The van der Waals surface area contributed by atoms with Crippen molar-refractivity contribution in [2.45, 2.75) is 19.9 Å². The highest BCUT2D eigenvalue weighted by Gasteiger charge is 2.18. The second-order valence-electron chi connectivity index (χ2n) is 5.85. The number of allylic oxidation sites excluding steroid dienone is 1. The number of aliphatic carboxylic acids is 1. The van der Waals surface area contributed by atoms with Crippen molar-refractivity contribution in [3.8, 4) is 0 Å². The average Bonchev–Trinajstić information content (AvgIpc) is 2.59. The molecule has 0 aliphatic heterocycles. The summed E-state index contributed by atoms with van der Waals surface area (Å²) in [5.41, 5.74) is 2.51. The average molecular weight is 340 g/mol. The van der Waals surface area contributed by atoms with Gasteiger partial charge in [-0.3, -0.25) is 14.9 Å². The van der Waals surface area contributed by atoms with Gasteiger partial charge in [0.2, 0.25) is 0 Å². The van der Waals surface area contributed by atoms with E-state index in [0.717, 1.165) is 5.56 Å². The first-order valence-corrected chi connectivity index (χ1v) is 7.85. The Balaban J connectivity index is 2.21. The summed E-state index contributed by atoms with van der Waals surface area (Å²) in [5.74, 6) is -1.23. The molecule has 1 atom stereocenters. The summed E-state index contributed by atoms with van der Waals surface area (Å²) in [6.07, 6.45) is -0.0688. The van der Waals surface area contributed by atoms with Crippen LogP contribution >= 0.6 is 0 Å². The Morgan fingerprint density at radius 2 is 1.96 bits per heavy atom. The number of benzene rings is 2. The van der Waals surface area contributed by atoms with Gasteiger partial charge in [0.15, 0.2) is 0 Å². The van der Waals surface area contributed by atoms with Crippen molar-refractivity contribution in [1.82, 2.24) is 0 Å². The SMILES string of the molecule is C=C(c1ccc(NCc2ccccc2)c([N+](=O)[O-])c1)C(C)CC(=O)O. The molecule has 0 saturated carbocycles. The topological polar surface area (TPSA) is 92.5 Å². The summed E-state index contributed by atoms with van der Waals surface area (Å²) < 4.78 is 0. The van der Waals surface area contributed by atoms with Gasteiger partial charge >= 0.3 is 5.97 Å². The van der Waals surface area contributed by atoms with Gasteiger partial charge in [-0.25, -0.2) is 0 Å². The quantitative estimate of drug-likeness (QED) is 0.551. The van der Waals surface area contributed by atoms with Gasteiger partial charge in [0.1, 0.15) is 5.69 Å².